The van der Waals surface area contributed by atoms with Crippen LogP contribution in [0.2, 0.25) is 0 Å². The van der Waals surface area contributed by atoms with Gasteiger partial charge in [0.1, 0.15) is 0 Å². The zero-order valence-electron chi connectivity index (χ0n) is 12.8. The van der Waals surface area contributed by atoms with Crippen molar-refractivity contribution in [3.63, 3.8) is 0 Å². The minimum Gasteiger partial charge on any atom is -0.350 e. The molecule has 0 fully saturated rings. The Morgan fingerprint density at radius 3 is 2.39 bits per heavy atom. The molecule has 0 aliphatic heterocycles. The van der Waals surface area contributed by atoms with Crippen LogP contribution < -0.4 is 5.32 Å². The zero-order valence-corrected chi connectivity index (χ0v) is 13.6. The van der Waals surface area contributed by atoms with E-state index >= 15 is 0 Å². The molecule has 23 heavy (non-hydrogen) atoms. The standard InChI is InChI=1S/C20H17NOS/c1-23-20(14-19(22)16-9-3-2-4-10-16)21-18-13-7-11-15-8-5-6-12-17(15)18/h2-14,21H,1H3. The highest BCUT2D eigenvalue weighted by atomic mass is 32.2. The molecule has 0 amide bonds. The molecule has 3 heteroatoms. The van der Waals surface area contributed by atoms with Gasteiger partial charge in [-0.05, 0) is 17.7 Å². The van der Waals surface area contributed by atoms with Crippen LogP contribution in [0.1, 0.15) is 10.4 Å². The van der Waals surface area contributed by atoms with Gasteiger partial charge in [0.2, 0.25) is 0 Å². The Bertz CT molecular complexity index is 850. The summed E-state index contributed by atoms with van der Waals surface area (Å²) in [5, 5.41) is 6.52. The van der Waals surface area contributed by atoms with Crippen molar-refractivity contribution in [3.05, 3.63) is 89.5 Å². The van der Waals surface area contributed by atoms with Crippen molar-refractivity contribution in [2.24, 2.45) is 0 Å². The summed E-state index contributed by atoms with van der Waals surface area (Å²) in [6.45, 7) is 0. The number of anilines is 1. The third-order valence-corrected chi connectivity index (χ3v) is 4.25. The van der Waals surface area contributed by atoms with E-state index in [4.69, 9.17) is 0 Å². The molecule has 0 radical (unpaired) electrons. The summed E-state index contributed by atoms with van der Waals surface area (Å²) in [5.41, 5.74) is 1.70. The molecule has 0 aliphatic rings. The lowest BCUT2D eigenvalue weighted by Crippen LogP contribution is -2.01. The molecule has 0 atom stereocenters. The van der Waals surface area contributed by atoms with Gasteiger partial charge in [-0.25, -0.2) is 0 Å². The van der Waals surface area contributed by atoms with Crippen molar-refractivity contribution < 1.29 is 4.79 Å². The SMILES string of the molecule is CSC(=CC(=O)c1ccccc1)Nc1cccc2ccccc12. The third kappa shape index (κ3) is 3.63. The number of hydrogen-bond donors (Lipinski definition) is 1. The quantitative estimate of drug-likeness (QED) is 0.508. The number of thioether (sulfide) groups is 1. The number of rotatable bonds is 5. The first kappa shape index (κ1) is 15.4. The summed E-state index contributed by atoms with van der Waals surface area (Å²) in [4.78, 5) is 12.3. The fourth-order valence-electron chi connectivity index (χ4n) is 2.42. The highest BCUT2D eigenvalue weighted by molar-refractivity contribution is 8.02. The maximum absolute atomic E-state index is 12.3. The first-order valence-corrected chi connectivity index (χ1v) is 8.60. The Kier molecular flexibility index (Phi) is 4.79. The second kappa shape index (κ2) is 7.16. The minimum absolute atomic E-state index is 0.00249. The van der Waals surface area contributed by atoms with Crippen molar-refractivity contribution in [2.45, 2.75) is 0 Å². The zero-order chi connectivity index (χ0) is 16.1. The molecule has 0 aliphatic carbocycles. The van der Waals surface area contributed by atoms with Gasteiger partial charge in [0.05, 0.1) is 5.03 Å². The predicted molar refractivity (Wildman–Crippen MR) is 99.9 cm³/mol. The summed E-state index contributed by atoms with van der Waals surface area (Å²) in [7, 11) is 0. The van der Waals surface area contributed by atoms with Crippen LogP contribution >= 0.6 is 11.8 Å². The Hall–Kier alpha value is -2.52. The number of carbonyl (C=O) groups is 1. The van der Waals surface area contributed by atoms with Crippen molar-refractivity contribution >= 4 is 34.0 Å². The van der Waals surface area contributed by atoms with Crippen LogP contribution in [0.3, 0.4) is 0 Å². The lowest BCUT2D eigenvalue weighted by molar-refractivity contribution is 0.104. The average molecular weight is 319 g/mol. The van der Waals surface area contributed by atoms with Crippen LogP contribution in [-0.4, -0.2) is 12.0 Å². The van der Waals surface area contributed by atoms with Crippen molar-refractivity contribution in [3.8, 4) is 0 Å². The Labute approximate surface area is 140 Å². The normalized spacial score (nSPS) is 11.4. The molecule has 0 heterocycles. The Balaban J connectivity index is 1.90. The maximum atomic E-state index is 12.3. The topological polar surface area (TPSA) is 29.1 Å². The molecule has 114 valence electrons. The van der Waals surface area contributed by atoms with E-state index in [-0.39, 0.29) is 5.78 Å². The first-order valence-electron chi connectivity index (χ1n) is 7.38. The molecule has 0 spiro atoms. The van der Waals surface area contributed by atoms with Gasteiger partial charge < -0.3 is 5.32 Å². The van der Waals surface area contributed by atoms with Crippen LogP contribution in [-0.2, 0) is 0 Å². The van der Waals surface area contributed by atoms with Gasteiger partial charge in [0.25, 0.3) is 0 Å². The van der Waals surface area contributed by atoms with E-state index in [9.17, 15) is 4.79 Å². The lowest BCUT2D eigenvalue weighted by Gasteiger charge is -2.11. The van der Waals surface area contributed by atoms with Gasteiger partial charge in [0, 0.05) is 22.7 Å². The molecule has 0 saturated carbocycles. The molecule has 3 rings (SSSR count). The molecular weight excluding hydrogens is 302 g/mol. The highest BCUT2D eigenvalue weighted by Gasteiger charge is 2.06. The van der Waals surface area contributed by atoms with E-state index in [0.717, 1.165) is 16.1 Å². The number of fused-ring (bicyclic) bond motifs is 1. The summed E-state index contributed by atoms with van der Waals surface area (Å²) in [5.74, 6) is 0.00249. The molecule has 0 unspecified atom stereocenters. The summed E-state index contributed by atoms with van der Waals surface area (Å²) >= 11 is 1.53. The molecule has 1 N–H and O–H groups in total. The fraction of sp³-hybridized carbons (Fsp3) is 0.0500. The molecule has 3 aromatic rings. The van der Waals surface area contributed by atoms with E-state index in [0.29, 0.717) is 5.56 Å². The number of hydrogen-bond acceptors (Lipinski definition) is 3. The monoisotopic (exact) mass is 319 g/mol. The molecule has 0 saturated heterocycles. The van der Waals surface area contributed by atoms with Crippen LogP contribution in [0.4, 0.5) is 5.69 Å². The van der Waals surface area contributed by atoms with E-state index < -0.39 is 0 Å². The van der Waals surface area contributed by atoms with Gasteiger partial charge in [-0.2, -0.15) is 0 Å². The summed E-state index contributed by atoms with van der Waals surface area (Å²) in [6.07, 6.45) is 3.62. The number of allylic oxidation sites excluding steroid dienone is 1. The molecule has 0 bridgehead atoms. The van der Waals surface area contributed by atoms with Gasteiger partial charge in [-0.15, -0.1) is 11.8 Å². The Morgan fingerprint density at radius 2 is 1.61 bits per heavy atom. The lowest BCUT2D eigenvalue weighted by atomic mass is 10.1. The van der Waals surface area contributed by atoms with Crippen molar-refractivity contribution in [1.82, 2.24) is 0 Å². The second-order valence-corrected chi connectivity index (χ2v) is 5.94. The van der Waals surface area contributed by atoms with Gasteiger partial charge in [0.15, 0.2) is 5.78 Å². The molecule has 0 aromatic heterocycles. The number of ketones is 1. The van der Waals surface area contributed by atoms with E-state index in [1.54, 1.807) is 6.08 Å². The highest BCUT2D eigenvalue weighted by Crippen LogP contribution is 2.26. The Morgan fingerprint density at radius 1 is 0.913 bits per heavy atom. The number of nitrogens with one attached hydrogen (secondary N) is 1. The summed E-state index contributed by atoms with van der Waals surface area (Å²) < 4.78 is 0. The smallest absolute Gasteiger partial charge is 0.188 e. The van der Waals surface area contributed by atoms with Crippen molar-refractivity contribution in [1.29, 1.82) is 0 Å². The summed E-state index contributed by atoms with van der Waals surface area (Å²) in [6, 6.07) is 23.6. The van der Waals surface area contributed by atoms with E-state index in [1.165, 1.54) is 17.1 Å². The molecule has 2 nitrogen and oxygen atoms in total. The largest absolute Gasteiger partial charge is 0.350 e. The fourth-order valence-corrected chi connectivity index (χ4v) is 2.85. The molecule has 3 aromatic carbocycles. The maximum Gasteiger partial charge on any atom is 0.188 e. The van der Waals surface area contributed by atoms with E-state index in [2.05, 4.69) is 23.5 Å². The third-order valence-electron chi connectivity index (χ3n) is 3.59. The number of benzene rings is 3. The van der Waals surface area contributed by atoms with Crippen LogP contribution in [0.25, 0.3) is 10.8 Å². The average Bonchev–Trinajstić information content (AvgIpc) is 2.62. The van der Waals surface area contributed by atoms with E-state index in [1.807, 2.05) is 60.9 Å². The molecular formula is C20H17NOS. The van der Waals surface area contributed by atoms with Gasteiger partial charge >= 0.3 is 0 Å². The first-order chi connectivity index (χ1) is 11.3. The van der Waals surface area contributed by atoms with Gasteiger partial charge in [-0.1, -0.05) is 66.7 Å². The van der Waals surface area contributed by atoms with Gasteiger partial charge in [-0.3, -0.25) is 4.79 Å². The number of carbonyl (C=O) groups excluding carboxylic acids is 1. The minimum atomic E-state index is 0.00249. The van der Waals surface area contributed by atoms with Crippen LogP contribution in [0, 0.1) is 0 Å². The predicted octanol–water partition coefficient (Wildman–Crippen LogP) is 5.34. The second-order valence-electron chi connectivity index (χ2n) is 5.09. The van der Waals surface area contributed by atoms with Crippen molar-refractivity contribution in [2.75, 3.05) is 11.6 Å². The van der Waals surface area contributed by atoms with Crippen LogP contribution in [0.15, 0.2) is 83.9 Å². The van der Waals surface area contributed by atoms with Crippen LogP contribution in [0.5, 0.6) is 0 Å².